The third-order valence-electron chi connectivity index (χ3n) is 4.57. The number of sulfonamides is 1. The Hall–Kier alpha value is -1.11. The molecule has 10 heteroatoms. The summed E-state index contributed by atoms with van der Waals surface area (Å²) in [7, 11) is -0.0364. The molecule has 29 heavy (non-hydrogen) atoms. The second kappa shape index (κ2) is 14.0. The largest absolute Gasteiger partial charge is 0.496 e. The highest BCUT2D eigenvalue weighted by Gasteiger charge is 2.17. The monoisotopic (exact) mass is 540 g/mol. The third kappa shape index (κ3) is 9.96. The number of nitrogens with zero attached hydrogens (tertiary/aromatic N) is 1. The van der Waals surface area contributed by atoms with Gasteiger partial charge in [-0.3, -0.25) is 4.99 Å². The zero-order chi connectivity index (χ0) is 20.2. The number of halogens is 1. The van der Waals surface area contributed by atoms with E-state index in [9.17, 15) is 8.42 Å². The minimum Gasteiger partial charge on any atom is -0.496 e. The topological polar surface area (TPSA) is 101 Å². The van der Waals surface area contributed by atoms with Gasteiger partial charge >= 0.3 is 0 Å². The second-order valence-corrected chi connectivity index (χ2v) is 8.57. The van der Waals surface area contributed by atoms with Crippen LogP contribution in [0.2, 0.25) is 0 Å². The Morgan fingerprint density at radius 3 is 2.69 bits per heavy atom. The van der Waals surface area contributed by atoms with Gasteiger partial charge in [-0.2, -0.15) is 0 Å². The van der Waals surface area contributed by atoms with Crippen molar-refractivity contribution in [1.82, 2.24) is 15.4 Å². The van der Waals surface area contributed by atoms with Gasteiger partial charge in [0, 0.05) is 33.3 Å². The summed E-state index contributed by atoms with van der Waals surface area (Å²) in [5.41, 5.74) is 1.10. The maximum Gasteiger partial charge on any atom is 0.213 e. The molecule has 1 saturated heterocycles. The molecule has 3 N–H and O–H groups in total. The molecule has 8 nitrogen and oxygen atoms in total. The molecule has 1 unspecified atom stereocenters. The summed E-state index contributed by atoms with van der Waals surface area (Å²) in [5, 5.41) is 6.22. The van der Waals surface area contributed by atoms with E-state index in [0.29, 0.717) is 25.7 Å². The molecular formula is C19H33IN4O4S. The van der Waals surface area contributed by atoms with Gasteiger partial charge in [0.1, 0.15) is 5.75 Å². The maximum atomic E-state index is 12.1. The van der Waals surface area contributed by atoms with Crippen LogP contribution in [0.4, 0.5) is 0 Å². The van der Waals surface area contributed by atoms with Crippen molar-refractivity contribution in [1.29, 1.82) is 0 Å². The number of para-hydroxylation sites is 1. The fraction of sp³-hybridized carbons (Fsp3) is 0.632. The highest BCUT2D eigenvalue weighted by atomic mass is 127. The lowest BCUT2D eigenvalue weighted by atomic mass is 10.1. The van der Waals surface area contributed by atoms with E-state index in [2.05, 4.69) is 20.3 Å². The van der Waals surface area contributed by atoms with Crippen molar-refractivity contribution >= 4 is 40.0 Å². The van der Waals surface area contributed by atoms with Crippen LogP contribution in [0, 0.1) is 0 Å². The molecular weight excluding hydrogens is 507 g/mol. The molecule has 1 aliphatic heterocycles. The number of methoxy groups -OCH3 is 1. The van der Waals surface area contributed by atoms with Gasteiger partial charge in [0.25, 0.3) is 0 Å². The van der Waals surface area contributed by atoms with Crippen LogP contribution in [0.15, 0.2) is 29.3 Å². The fourth-order valence-electron chi connectivity index (χ4n) is 3.01. The third-order valence-corrected chi connectivity index (χ3v) is 5.92. The standard InChI is InChI=1S/C19H32N4O4S.HI/c1-20-19(21-11-10-16-7-3-4-9-18(16)26-2)22-12-14-28(24,25)23-15-17-8-5-6-13-27-17;/h3-4,7,9,17,23H,5-6,8,10-15H2,1-2H3,(H2,20,21,22);1H. The van der Waals surface area contributed by atoms with E-state index in [0.717, 1.165) is 37.0 Å². The molecule has 1 heterocycles. The predicted octanol–water partition coefficient (Wildman–Crippen LogP) is 1.51. The molecule has 0 spiro atoms. The molecule has 1 atom stereocenters. The Bertz CT molecular complexity index is 725. The van der Waals surface area contributed by atoms with E-state index >= 15 is 0 Å². The lowest BCUT2D eigenvalue weighted by Crippen LogP contribution is -2.43. The van der Waals surface area contributed by atoms with Gasteiger partial charge in [-0.25, -0.2) is 13.1 Å². The summed E-state index contributed by atoms with van der Waals surface area (Å²) in [5.74, 6) is 1.40. The highest BCUT2D eigenvalue weighted by Crippen LogP contribution is 2.17. The molecule has 1 fully saturated rings. The molecule has 0 amide bonds. The summed E-state index contributed by atoms with van der Waals surface area (Å²) in [6.07, 6.45) is 3.80. The lowest BCUT2D eigenvalue weighted by Gasteiger charge is -2.22. The summed E-state index contributed by atoms with van der Waals surface area (Å²) in [4.78, 5) is 4.13. The Morgan fingerprint density at radius 1 is 1.24 bits per heavy atom. The highest BCUT2D eigenvalue weighted by molar-refractivity contribution is 14.0. The number of guanidine groups is 1. The zero-order valence-electron chi connectivity index (χ0n) is 17.1. The van der Waals surface area contributed by atoms with Crippen LogP contribution in [-0.2, 0) is 21.2 Å². The predicted molar refractivity (Wildman–Crippen MR) is 127 cm³/mol. The van der Waals surface area contributed by atoms with E-state index in [1.54, 1.807) is 14.2 Å². The van der Waals surface area contributed by atoms with Gasteiger partial charge in [0.2, 0.25) is 10.0 Å². The number of benzene rings is 1. The maximum absolute atomic E-state index is 12.1. The van der Waals surface area contributed by atoms with Crippen molar-refractivity contribution in [2.24, 2.45) is 4.99 Å². The van der Waals surface area contributed by atoms with Crippen LogP contribution in [0.1, 0.15) is 24.8 Å². The molecule has 166 valence electrons. The number of hydrogen-bond donors (Lipinski definition) is 3. The molecule has 0 radical (unpaired) electrons. The summed E-state index contributed by atoms with van der Waals surface area (Å²) >= 11 is 0. The molecule has 0 aromatic heterocycles. The van der Waals surface area contributed by atoms with Gasteiger partial charge in [-0.05, 0) is 37.3 Å². The molecule has 0 saturated carbocycles. The number of ether oxygens (including phenoxy) is 2. The first-order valence-electron chi connectivity index (χ1n) is 9.69. The molecule has 0 bridgehead atoms. The lowest BCUT2D eigenvalue weighted by molar-refractivity contribution is 0.0200. The van der Waals surface area contributed by atoms with Gasteiger partial charge in [-0.15, -0.1) is 24.0 Å². The zero-order valence-corrected chi connectivity index (χ0v) is 20.3. The summed E-state index contributed by atoms with van der Waals surface area (Å²) < 4.78 is 37.8. The van der Waals surface area contributed by atoms with Crippen molar-refractivity contribution < 1.29 is 17.9 Å². The first-order valence-corrected chi connectivity index (χ1v) is 11.3. The van der Waals surface area contributed by atoms with Crippen LogP contribution >= 0.6 is 24.0 Å². The van der Waals surface area contributed by atoms with Crippen molar-refractivity contribution in [3.8, 4) is 5.75 Å². The van der Waals surface area contributed by atoms with Gasteiger partial charge in [0.15, 0.2) is 5.96 Å². The Morgan fingerprint density at radius 2 is 2.00 bits per heavy atom. The molecule has 0 aliphatic carbocycles. The molecule has 1 aromatic carbocycles. The number of nitrogens with one attached hydrogen (secondary N) is 3. The van der Waals surface area contributed by atoms with Crippen LogP contribution in [-0.4, -0.2) is 66.6 Å². The van der Waals surface area contributed by atoms with Crippen molar-refractivity contribution in [2.75, 3.05) is 46.2 Å². The van der Waals surface area contributed by atoms with E-state index in [-0.39, 0.29) is 42.4 Å². The quantitative estimate of drug-likeness (QED) is 0.236. The first kappa shape index (κ1) is 25.9. The van der Waals surface area contributed by atoms with Gasteiger partial charge in [0.05, 0.1) is 19.0 Å². The Kier molecular flexibility index (Phi) is 12.5. The average molecular weight is 540 g/mol. The fourth-order valence-corrected chi connectivity index (χ4v) is 3.96. The first-order chi connectivity index (χ1) is 13.5. The average Bonchev–Trinajstić information content (AvgIpc) is 2.72. The molecule has 1 aliphatic rings. The summed E-state index contributed by atoms with van der Waals surface area (Å²) in [6.45, 7) is 1.98. The minimum absolute atomic E-state index is 0. The number of aliphatic imine (C=N–C) groups is 1. The van der Waals surface area contributed by atoms with Gasteiger partial charge in [-0.1, -0.05) is 18.2 Å². The van der Waals surface area contributed by atoms with Crippen LogP contribution in [0.25, 0.3) is 0 Å². The van der Waals surface area contributed by atoms with Crippen molar-refractivity contribution in [3.05, 3.63) is 29.8 Å². The van der Waals surface area contributed by atoms with Crippen molar-refractivity contribution in [3.63, 3.8) is 0 Å². The van der Waals surface area contributed by atoms with E-state index in [4.69, 9.17) is 9.47 Å². The van der Waals surface area contributed by atoms with Crippen LogP contribution in [0.3, 0.4) is 0 Å². The Labute approximate surface area is 191 Å². The summed E-state index contributed by atoms with van der Waals surface area (Å²) in [6, 6.07) is 7.86. The SMILES string of the molecule is CN=C(NCCc1ccccc1OC)NCCS(=O)(=O)NCC1CCCCO1.I. The second-order valence-electron chi connectivity index (χ2n) is 6.64. The van der Waals surface area contributed by atoms with Crippen molar-refractivity contribution in [2.45, 2.75) is 31.8 Å². The van der Waals surface area contributed by atoms with Gasteiger partial charge < -0.3 is 20.1 Å². The van der Waals surface area contributed by atoms with E-state index in [1.807, 2.05) is 24.3 Å². The number of rotatable bonds is 10. The molecule has 1 aromatic rings. The van der Waals surface area contributed by atoms with E-state index < -0.39 is 10.0 Å². The minimum atomic E-state index is -3.35. The van der Waals surface area contributed by atoms with E-state index in [1.165, 1.54) is 0 Å². The van der Waals surface area contributed by atoms with Crippen LogP contribution in [0.5, 0.6) is 5.75 Å². The normalized spacial score (nSPS) is 17.3. The smallest absolute Gasteiger partial charge is 0.213 e. The van der Waals surface area contributed by atoms with Crippen LogP contribution < -0.4 is 20.1 Å². The Balaban J connectivity index is 0.00000420. The number of hydrogen-bond acceptors (Lipinski definition) is 5. The molecule has 2 rings (SSSR count).